The average molecular weight is 449 g/mol. The molecule has 0 unspecified atom stereocenters. The molecule has 0 aliphatic heterocycles. The van der Waals surface area contributed by atoms with E-state index >= 15 is 0 Å². The van der Waals surface area contributed by atoms with E-state index < -0.39 is 17.3 Å². The van der Waals surface area contributed by atoms with E-state index in [4.69, 9.17) is 9.47 Å². The SMILES string of the molecule is COc1ccc(/C=C2/C(=O)C[C@@H](c3ccc(OC)cc3)C(C#N)(C#N)[C@@H]2c2ccccc2)cc1. The second-order valence-electron chi connectivity index (χ2n) is 8.26. The fourth-order valence-electron chi connectivity index (χ4n) is 4.73. The average Bonchev–Trinajstić information content (AvgIpc) is 2.90. The molecule has 1 aliphatic carbocycles. The van der Waals surface area contributed by atoms with Crippen molar-refractivity contribution < 1.29 is 14.3 Å². The topological polar surface area (TPSA) is 83.1 Å². The fourth-order valence-corrected chi connectivity index (χ4v) is 4.73. The van der Waals surface area contributed by atoms with E-state index in [0.717, 1.165) is 16.7 Å². The number of hydrogen-bond donors (Lipinski definition) is 0. The number of hydrogen-bond acceptors (Lipinski definition) is 5. The number of ether oxygens (including phenoxy) is 2. The normalized spacial score (nSPS) is 20.2. The van der Waals surface area contributed by atoms with E-state index in [9.17, 15) is 15.3 Å². The summed E-state index contributed by atoms with van der Waals surface area (Å²) in [5.41, 5.74) is 1.32. The van der Waals surface area contributed by atoms with Crippen LogP contribution in [-0.4, -0.2) is 20.0 Å². The molecule has 1 fully saturated rings. The van der Waals surface area contributed by atoms with Crippen LogP contribution in [0, 0.1) is 28.1 Å². The zero-order chi connectivity index (χ0) is 24.1. The molecule has 168 valence electrons. The summed E-state index contributed by atoms with van der Waals surface area (Å²) in [4.78, 5) is 13.6. The Kier molecular flexibility index (Phi) is 6.48. The molecule has 0 spiro atoms. The van der Waals surface area contributed by atoms with Crippen molar-refractivity contribution in [2.24, 2.45) is 5.41 Å². The molecule has 3 aromatic carbocycles. The molecule has 0 saturated heterocycles. The molecule has 0 heterocycles. The van der Waals surface area contributed by atoms with Gasteiger partial charge in [-0.15, -0.1) is 0 Å². The van der Waals surface area contributed by atoms with Crippen LogP contribution in [0.2, 0.25) is 0 Å². The lowest BCUT2D eigenvalue weighted by Gasteiger charge is -2.41. The third-order valence-electron chi connectivity index (χ3n) is 6.49. The number of methoxy groups -OCH3 is 2. The number of ketones is 1. The Hall–Kier alpha value is -4.35. The molecule has 5 nitrogen and oxygen atoms in total. The molecule has 0 N–H and O–H groups in total. The van der Waals surface area contributed by atoms with E-state index in [1.807, 2.05) is 66.7 Å². The number of rotatable bonds is 5. The van der Waals surface area contributed by atoms with Gasteiger partial charge >= 0.3 is 0 Å². The Balaban J connectivity index is 1.90. The minimum Gasteiger partial charge on any atom is -0.497 e. The van der Waals surface area contributed by atoms with E-state index in [1.165, 1.54) is 0 Å². The lowest BCUT2D eigenvalue weighted by Crippen LogP contribution is -2.41. The van der Waals surface area contributed by atoms with Gasteiger partial charge in [0.25, 0.3) is 0 Å². The number of benzene rings is 3. The van der Waals surface area contributed by atoms with Gasteiger partial charge in [-0.05, 0) is 47.0 Å². The Morgan fingerprint density at radius 2 is 1.38 bits per heavy atom. The number of nitriles is 2. The van der Waals surface area contributed by atoms with Crippen molar-refractivity contribution in [3.05, 3.63) is 101 Å². The van der Waals surface area contributed by atoms with Gasteiger partial charge in [-0.1, -0.05) is 54.6 Å². The Bertz CT molecular complexity index is 1270. The molecule has 1 saturated carbocycles. The van der Waals surface area contributed by atoms with Crippen molar-refractivity contribution in [1.29, 1.82) is 10.5 Å². The predicted octanol–water partition coefficient (Wildman–Crippen LogP) is 5.66. The summed E-state index contributed by atoms with van der Waals surface area (Å²) in [6.45, 7) is 0. The minimum absolute atomic E-state index is 0.0682. The number of allylic oxidation sites excluding steroid dienone is 1. The summed E-state index contributed by atoms with van der Waals surface area (Å²) in [5.74, 6) is 0.00898. The highest BCUT2D eigenvalue weighted by Crippen LogP contribution is 2.56. The molecule has 34 heavy (non-hydrogen) atoms. The largest absolute Gasteiger partial charge is 0.497 e. The molecule has 0 radical (unpaired) electrons. The standard InChI is InChI=1S/C29H24N2O3/c1-33-23-12-8-20(9-13-23)16-25-27(32)17-26(21-10-14-24(34-2)15-11-21)29(18-30,19-31)28(25)22-6-4-3-5-7-22/h3-16,26,28H,17H2,1-2H3/b25-16-/t26-,28+/m0/s1. The van der Waals surface area contributed by atoms with Crippen LogP contribution in [0.25, 0.3) is 6.08 Å². The van der Waals surface area contributed by atoms with Gasteiger partial charge in [0.15, 0.2) is 11.2 Å². The highest BCUT2D eigenvalue weighted by atomic mass is 16.5. The summed E-state index contributed by atoms with van der Waals surface area (Å²) >= 11 is 0. The number of Topliss-reactive ketones (excluding diaryl/α,β-unsaturated/α-hetero) is 1. The fraction of sp³-hybridized carbons (Fsp3) is 0.207. The van der Waals surface area contributed by atoms with E-state index in [0.29, 0.717) is 17.1 Å². The monoisotopic (exact) mass is 448 g/mol. The first kappa shape index (κ1) is 22.8. The second kappa shape index (κ2) is 9.65. The van der Waals surface area contributed by atoms with Crippen molar-refractivity contribution in [2.45, 2.75) is 18.3 Å². The van der Waals surface area contributed by atoms with Crippen LogP contribution >= 0.6 is 0 Å². The van der Waals surface area contributed by atoms with Gasteiger partial charge in [-0.2, -0.15) is 10.5 Å². The number of carbonyl (C=O) groups is 1. The maximum Gasteiger partial charge on any atom is 0.161 e. The molecular formula is C29H24N2O3. The molecule has 0 aromatic heterocycles. The maximum absolute atomic E-state index is 13.6. The third-order valence-corrected chi connectivity index (χ3v) is 6.49. The van der Waals surface area contributed by atoms with Gasteiger partial charge in [0.1, 0.15) is 11.5 Å². The Labute approximate surface area is 199 Å². The van der Waals surface area contributed by atoms with Crippen LogP contribution in [0.4, 0.5) is 0 Å². The highest BCUT2D eigenvalue weighted by Gasteiger charge is 2.55. The van der Waals surface area contributed by atoms with Crippen molar-refractivity contribution in [3.63, 3.8) is 0 Å². The smallest absolute Gasteiger partial charge is 0.161 e. The Morgan fingerprint density at radius 3 is 1.91 bits per heavy atom. The quantitative estimate of drug-likeness (QED) is 0.470. The highest BCUT2D eigenvalue weighted by molar-refractivity contribution is 6.03. The maximum atomic E-state index is 13.6. The molecular weight excluding hydrogens is 424 g/mol. The van der Waals surface area contributed by atoms with Gasteiger partial charge in [0.2, 0.25) is 0 Å². The van der Waals surface area contributed by atoms with Gasteiger partial charge < -0.3 is 9.47 Å². The zero-order valence-corrected chi connectivity index (χ0v) is 19.1. The van der Waals surface area contributed by atoms with Crippen molar-refractivity contribution in [2.75, 3.05) is 14.2 Å². The molecule has 0 bridgehead atoms. The lowest BCUT2D eigenvalue weighted by atomic mass is 9.55. The third kappa shape index (κ3) is 4.05. The lowest BCUT2D eigenvalue weighted by molar-refractivity contribution is -0.118. The molecule has 3 aromatic rings. The predicted molar refractivity (Wildman–Crippen MR) is 129 cm³/mol. The van der Waals surface area contributed by atoms with Crippen molar-refractivity contribution in [3.8, 4) is 23.6 Å². The first-order chi connectivity index (χ1) is 16.6. The van der Waals surface area contributed by atoms with Crippen LogP contribution in [-0.2, 0) is 4.79 Å². The molecule has 1 aliphatic rings. The minimum atomic E-state index is -1.47. The summed E-state index contributed by atoms with van der Waals surface area (Å²) in [5, 5.41) is 21.0. The molecule has 4 rings (SSSR count). The molecule has 0 amide bonds. The zero-order valence-electron chi connectivity index (χ0n) is 19.1. The van der Waals surface area contributed by atoms with Crippen LogP contribution in [0.5, 0.6) is 11.5 Å². The van der Waals surface area contributed by atoms with E-state index in [2.05, 4.69) is 12.1 Å². The first-order valence-corrected chi connectivity index (χ1v) is 11.0. The van der Waals surface area contributed by atoms with Crippen LogP contribution in [0.15, 0.2) is 84.4 Å². The van der Waals surface area contributed by atoms with Gasteiger partial charge in [-0.3, -0.25) is 4.79 Å². The second-order valence-corrected chi connectivity index (χ2v) is 8.26. The summed E-state index contributed by atoms with van der Waals surface area (Å²) < 4.78 is 10.5. The molecule has 2 atom stereocenters. The summed E-state index contributed by atoms with van der Waals surface area (Å²) in [7, 11) is 3.17. The van der Waals surface area contributed by atoms with E-state index in [1.54, 1.807) is 32.4 Å². The number of nitrogens with zero attached hydrogens (tertiary/aromatic N) is 2. The number of carbonyl (C=O) groups excluding carboxylic acids is 1. The van der Waals surface area contributed by atoms with Crippen molar-refractivity contribution >= 4 is 11.9 Å². The van der Waals surface area contributed by atoms with Gasteiger partial charge in [0.05, 0.1) is 26.4 Å². The first-order valence-electron chi connectivity index (χ1n) is 11.0. The van der Waals surface area contributed by atoms with Gasteiger partial charge in [0, 0.05) is 23.8 Å². The van der Waals surface area contributed by atoms with Gasteiger partial charge in [-0.25, -0.2) is 0 Å². The molecule has 5 heteroatoms. The summed E-state index contributed by atoms with van der Waals surface area (Å²) in [6.07, 6.45) is 1.87. The summed E-state index contributed by atoms with van der Waals surface area (Å²) in [6, 6.07) is 28.6. The van der Waals surface area contributed by atoms with Crippen LogP contribution in [0.1, 0.15) is 34.9 Å². The van der Waals surface area contributed by atoms with Crippen LogP contribution < -0.4 is 9.47 Å². The Morgan fingerprint density at radius 1 is 0.824 bits per heavy atom. The van der Waals surface area contributed by atoms with Crippen LogP contribution in [0.3, 0.4) is 0 Å². The van der Waals surface area contributed by atoms with Crippen molar-refractivity contribution in [1.82, 2.24) is 0 Å². The van der Waals surface area contributed by atoms with E-state index in [-0.39, 0.29) is 12.2 Å².